The molecule has 0 aliphatic heterocycles. The van der Waals surface area contributed by atoms with Gasteiger partial charge in [-0.15, -0.1) is 0 Å². The van der Waals surface area contributed by atoms with E-state index >= 15 is 0 Å². The summed E-state index contributed by atoms with van der Waals surface area (Å²) < 4.78 is 0. The lowest BCUT2D eigenvalue weighted by molar-refractivity contribution is 1.29. The van der Waals surface area contributed by atoms with Gasteiger partial charge in [0.1, 0.15) is 0 Å². The van der Waals surface area contributed by atoms with E-state index in [2.05, 4.69) is 16.0 Å². The van der Waals surface area contributed by atoms with E-state index in [1.54, 1.807) is 6.20 Å². The molecule has 0 atom stereocenters. The predicted octanol–water partition coefficient (Wildman–Crippen LogP) is 3.88. The fraction of sp³-hybridized carbons (Fsp3) is 0. The average Bonchev–Trinajstić information content (AvgIpc) is 2.73. The zero-order valence-corrected chi connectivity index (χ0v) is 9.20. The van der Waals surface area contributed by atoms with Crippen LogP contribution in [0, 0.1) is 0 Å². The Balaban J connectivity index is 2.19. The van der Waals surface area contributed by atoms with Gasteiger partial charge < -0.3 is 4.98 Å². The van der Waals surface area contributed by atoms with Crippen LogP contribution in [0.15, 0.2) is 48.7 Å². The number of pyridine rings is 1. The molecule has 3 rings (SSSR count). The Bertz CT molecular complexity index is 629. The molecule has 0 aliphatic carbocycles. The van der Waals surface area contributed by atoms with E-state index in [4.69, 9.17) is 11.6 Å². The molecule has 0 amide bonds. The fourth-order valence-corrected chi connectivity index (χ4v) is 1.93. The van der Waals surface area contributed by atoms with Crippen molar-refractivity contribution in [1.29, 1.82) is 0 Å². The molecule has 0 spiro atoms. The molecule has 2 nitrogen and oxygen atoms in total. The molecule has 0 saturated carbocycles. The number of hydrogen-bond donors (Lipinski definition) is 1. The Hall–Kier alpha value is -1.80. The summed E-state index contributed by atoms with van der Waals surface area (Å²) in [6, 6.07) is 13.7. The molecule has 0 radical (unpaired) electrons. The number of nitrogens with zero attached hydrogens (tertiary/aromatic N) is 1. The molecule has 0 fully saturated rings. The van der Waals surface area contributed by atoms with Gasteiger partial charge in [-0.05, 0) is 30.3 Å². The first-order chi connectivity index (χ1) is 7.83. The normalized spacial score (nSPS) is 10.8. The van der Waals surface area contributed by atoms with Crippen LogP contribution in [0.2, 0.25) is 5.02 Å². The zero-order chi connectivity index (χ0) is 11.0. The van der Waals surface area contributed by atoms with Crippen molar-refractivity contribution in [1.82, 2.24) is 9.97 Å². The van der Waals surface area contributed by atoms with Crippen molar-refractivity contribution in [2.24, 2.45) is 0 Å². The molecule has 3 aromatic rings. The Kier molecular flexibility index (Phi) is 2.15. The summed E-state index contributed by atoms with van der Waals surface area (Å²) in [5, 5.41) is 1.88. The van der Waals surface area contributed by atoms with Crippen LogP contribution in [0.5, 0.6) is 0 Å². The monoisotopic (exact) mass is 228 g/mol. The number of halogens is 1. The summed E-state index contributed by atoms with van der Waals surface area (Å²) in [6.45, 7) is 0. The summed E-state index contributed by atoms with van der Waals surface area (Å²) >= 11 is 5.94. The van der Waals surface area contributed by atoms with Crippen LogP contribution >= 0.6 is 11.6 Å². The van der Waals surface area contributed by atoms with E-state index < -0.39 is 0 Å². The summed E-state index contributed by atoms with van der Waals surface area (Å²) in [4.78, 5) is 7.61. The molecule has 2 aromatic heterocycles. The maximum Gasteiger partial charge on any atom is 0.0864 e. The fourth-order valence-electron chi connectivity index (χ4n) is 1.76. The van der Waals surface area contributed by atoms with Crippen molar-refractivity contribution in [2.45, 2.75) is 0 Å². The number of nitrogens with one attached hydrogen (secondary N) is 1. The molecule has 3 heteroatoms. The van der Waals surface area contributed by atoms with Crippen molar-refractivity contribution < 1.29 is 0 Å². The van der Waals surface area contributed by atoms with E-state index in [-0.39, 0.29) is 0 Å². The third kappa shape index (κ3) is 1.57. The van der Waals surface area contributed by atoms with Gasteiger partial charge in [0.15, 0.2) is 0 Å². The van der Waals surface area contributed by atoms with Crippen LogP contribution < -0.4 is 0 Å². The van der Waals surface area contributed by atoms with E-state index in [9.17, 15) is 0 Å². The zero-order valence-electron chi connectivity index (χ0n) is 8.44. The number of benzene rings is 1. The van der Waals surface area contributed by atoms with Crippen molar-refractivity contribution in [3.05, 3.63) is 53.7 Å². The minimum absolute atomic E-state index is 0.738. The van der Waals surface area contributed by atoms with E-state index in [0.717, 1.165) is 27.3 Å². The third-order valence-corrected chi connectivity index (χ3v) is 2.76. The lowest BCUT2D eigenvalue weighted by Gasteiger charge is -1.94. The van der Waals surface area contributed by atoms with Gasteiger partial charge in [0.25, 0.3) is 0 Å². The van der Waals surface area contributed by atoms with Crippen LogP contribution in [0.1, 0.15) is 0 Å². The first-order valence-corrected chi connectivity index (χ1v) is 5.40. The molecule has 16 heavy (non-hydrogen) atoms. The van der Waals surface area contributed by atoms with Crippen molar-refractivity contribution >= 4 is 22.5 Å². The number of fused-ring (bicyclic) bond motifs is 1. The standard InChI is InChI=1S/C13H9ClN2/c14-10-5-4-9-7-13(16-12(9)8-10)11-3-1-2-6-15-11/h1-8,16H. The van der Waals surface area contributed by atoms with Crippen LogP contribution in [-0.2, 0) is 0 Å². The molecule has 1 N–H and O–H groups in total. The highest BCUT2D eigenvalue weighted by Crippen LogP contribution is 2.24. The second-order valence-corrected chi connectivity index (χ2v) is 4.07. The highest BCUT2D eigenvalue weighted by atomic mass is 35.5. The van der Waals surface area contributed by atoms with Crippen LogP contribution in [0.3, 0.4) is 0 Å². The second-order valence-electron chi connectivity index (χ2n) is 3.63. The molecule has 1 aromatic carbocycles. The van der Waals surface area contributed by atoms with Gasteiger partial charge >= 0.3 is 0 Å². The van der Waals surface area contributed by atoms with Gasteiger partial charge in [-0.1, -0.05) is 23.7 Å². The Labute approximate surface area is 97.9 Å². The number of aromatic nitrogens is 2. The van der Waals surface area contributed by atoms with Gasteiger partial charge in [-0.25, -0.2) is 0 Å². The quantitative estimate of drug-likeness (QED) is 0.673. The highest BCUT2D eigenvalue weighted by Gasteiger charge is 2.03. The van der Waals surface area contributed by atoms with E-state index in [1.807, 2.05) is 36.4 Å². The van der Waals surface area contributed by atoms with Crippen molar-refractivity contribution in [3.63, 3.8) is 0 Å². The van der Waals surface area contributed by atoms with Gasteiger partial charge in [0.2, 0.25) is 0 Å². The maximum absolute atomic E-state index is 5.94. The van der Waals surface area contributed by atoms with Crippen LogP contribution in [0.4, 0.5) is 0 Å². The van der Waals surface area contributed by atoms with Crippen LogP contribution in [-0.4, -0.2) is 9.97 Å². The molecule has 0 saturated heterocycles. The smallest absolute Gasteiger partial charge is 0.0864 e. The van der Waals surface area contributed by atoms with Crippen LogP contribution in [0.25, 0.3) is 22.3 Å². The first-order valence-electron chi connectivity index (χ1n) is 5.02. The number of hydrogen-bond acceptors (Lipinski definition) is 1. The summed E-state index contributed by atoms with van der Waals surface area (Å²) in [7, 11) is 0. The predicted molar refractivity (Wildman–Crippen MR) is 66.5 cm³/mol. The maximum atomic E-state index is 5.94. The minimum Gasteiger partial charge on any atom is -0.353 e. The molecule has 0 bridgehead atoms. The number of aromatic amines is 1. The molecular weight excluding hydrogens is 220 g/mol. The van der Waals surface area contributed by atoms with Crippen molar-refractivity contribution in [2.75, 3.05) is 0 Å². The Morgan fingerprint density at radius 1 is 1.06 bits per heavy atom. The summed E-state index contributed by atoms with van der Waals surface area (Å²) in [6.07, 6.45) is 1.79. The van der Waals surface area contributed by atoms with Crippen molar-refractivity contribution in [3.8, 4) is 11.4 Å². The average molecular weight is 229 g/mol. The lowest BCUT2D eigenvalue weighted by atomic mass is 10.2. The first kappa shape index (κ1) is 9.43. The number of rotatable bonds is 1. The summed E-state index contributed by atoms with van der Waals surface area (Å²) in [5.41, 5.74) is 2.99. The SMILES string of the molecule is Clc1ccc2cc(-c3ccccn3)[nH]c2c1. The molecular formula is C13H9ClN2. The molecule has 0 unspecified atom stereocenters. The van der Waals surface area contributed by atoms with Gasteiger partial charge in [0.05, 0.1) is 11.4 Å². The van der Waals surface area contributed by atoms with Gasteiger partial charge in [0, 0.05) is 22.1 Å². The molecule has 78 valence electrons. The van der Waals surface area contributed by atoms with Gasteiger partial charge in [-0.3, -0.25) is 4.98 Å². The number of H-pyrrole nitrogens is 1. The largest absolute Gasteiger partial charge is 0.353 e. The topological polar surface area (TPSA) is 28.7 Å². The lowest BCUT2D eigenvalue weighted by Crippen LogP contribution is -1.80. The Morgan fingerprint density at radius 2 is 2.00 bits per heavy atom. The third-order valence-electron chi connectivity index (χ3n) is 2.53. The Morgan fingerprint density at radius 3 is 2.81 bits per heavy atom. The van der Waals surface area contributed by atoms with E-state index in [1.165, 1.54) is 0 Å². The van der Waals surface area contributed by atoms with Gasteiger partial charge in [-0.2, -0.15) is 0 Å². The minimum atomic E-state index is 0.738. The summed E-state index contributed by atoms with van der Waals surface area (Å²) in [5.74, 6) is 0. The molecule has 2 heterocycles. The second kappa shape index (κ2) is 3.65. The highest BCUT2D eigenvalue weighted by molar-refractivity contribution is 6.31. The van der Waals surface area contributed by atoms with E-state index in [0.29, 0.717) is 0 Å². The molecule has 0 aliphatic rings.